The topological polar surface area (TPSA) is 91.3 Å². The van der Waals surface area contributed by atoms with Gasteiger partial charge in [-0.1, -0.05) is 25.7 Å². The minimum absolute atomic E-state index is 0.0955. The van der Waals surface area contributed by atoms with Gasteiger partial charge in [0.1, 0.15) is 12.4 Å². The zero-order valence-corrected chi connectivity index (χ0v) is 23.8. The van der Waals surface area contributed by atoms with Crippen LogP contribution in [0.3, 0.4) is 0 Å². The largest absolute Gasteiger partial charge is 0.360 e. The lowest BCUT2D eigenvalue weighted by Crippen LogP contribution is -2.27. The number of fused-ring (bicyclic) bond motifs is 2. The standard InChI is InChI=1S/C28H37N7O2Si/c1-19-24-8-9-25(27(24)32-35(19)18-37-11-12-38(2,3)4)31-28(36)22-13-29-34(15-22)17-23-16-33-14-21(20-5-6-20)7-10-26(33)30-23/h7,10,13-16,20,25H,5-6,8-9,11-12,17-18H2,1-4H3,(H,31,36)/t25-/m1/s1. The van der Waals surface area contributed by atoms with Crippen molar-refractivity contribution in [3.8, 4) is 0 Å². The Hall–Kier alpha value is -3.24. The van der Waals surface area contributed by atoms with Crippen LogP contribution in [-0.4, -0.2) is 49.5 Å². The maximum Gasteiger partial charge on any atom is 0.255 e. The van der Waals surface area contributed by atoms with Crippen molar-refractivity contribution in [1.29, 1.82) is 0 Å². The number of nitrogens with zero attached hydrogens (tertiary/aromatic N) is 6. The molecule has 0 aliphatic heterocycles. The number of amides is 1. The summed E-state index contributed by atoms with van der Waals surface area (Å²) in [6, 6.07) is 5.30. The molecular weight excluding hydrogens is 494 g/mol. The summed E-state index contributed by atoms with van der Waals surface area (Å²) in [5, 5.41) is 12.4. The molecule has 1 N–H and O–H groups in total. The van der Waals surface area contributed by atoms with Gasteiger partial charge in [0.2, 0.25) is 0 Å². The van der Waals surface area contributed by atoms with Crippen LogP contribution in [0.15, 0.2) is 36.9 Å². The molecule has 0 unspecified atom stereocenters. The third-order valence-electron chi connectivity index (χ3n) is 7.68. The minimum atomic E-state index is -1.12. The van der Waals surface area contributed by atoms with E-state index in [4.69, 9.17) is 14.8 Å². The van der Waals surface area contributed by atoms with E-state index in [1.165, 1.54) is 24.0 Å². The lowest BCUT2D eigenvalue weighted by molar-refractivity contribution is 0.0764. The number of aromatic nitrogens is 6. The number of hydrogen-bond acceptors (Lipinski definition) is 5. The second-order valence-electron chi connectivity index (χ2n) is 12.0. The molecule has 4 aromatic rings. The fourth-order valence-corrected chi connectivity index (χ4v) is 5.94. The van der Waals surface area contributed by atoms with Crippen LogP contribution >= 0.6 is 0 Å². The van der Waals surface area contributed by atoms with Crippen molar-refractivity contribution in [2.45, 2.75) is 83.5 Å². The van der Waals surface area contributed by atoms with Gasteiger partial charge in [0.05, 0.1) is 35.7 Å². The van der Waals surface area contributed by atoms with E-state index in [0.717, 1.165) is 48.2 Å². The van der Waals surface area contributed by atoms with E-state index >= 15 is 0 Å². The van der Waals surface area contributed by atoms with Gasteiger partial charge in [-0.2, -0.15) is 10.2 Å². The molecule has 10 heteroatoms. The number of carbonyl (C=O) groups excluding carboxylic acids is 1. The smallest absolute Gasteiger partial charge is 0.255 e. The Bertz CT molecular complexity index is 1470. The highest BCUT2D eigenvalue weighted by Gasteiger charge is 2.30. The highest BCUT2D eigenvalue weighted by atomic mass is 28.3. The number of pyridine rings is 1. The SMILES string of the molecule is Cc1c2c(nn1COCC[Si](C)(C)C)[C@H](NC(=O)c1cnn(Cc3cn4cc(C5CC5)ccc4n3)c1)CC2. The Morgan fingerprint density at radius 3 is 2.79 bits per heavy atom. The lowest BCUT2D eigenvalue weighted by atomic mass is 10.2. The predicted molar refractivity (Wildman–Crippen MR) is 148 cm³/mol. The first-order valence-corrected chi connectivity index (χ1v) is 17.4. The number of hydrogen-bond donors (Lipinski definition) is 1. The quantitative estimate of drug-likeness (QED) is 0.237. The Balaban J connectivity index is 1.07. The van der Waals surface area contributed by atoms with Crippen LogP contribution in [0.4, 0.5) is 0 Å². The summed E-state index contributed by atoms with van der Waals surface area (Å²) >= 11 is 0. The molecule has 2 aliphatic rings. The number of carbonyl (C=O) groups is 1. The normalized spacial score (nSPS) is 17.3. The molecule has 9 nitrogen and oxygen atoms in total. The van der Waals surface area contributed by atoms with Crippen molar-refractivity contribution < 1.29 is 9.53 Å². The van der Waals surface area contributed by atoms with Crippen molar-refractivity contribution in [3.63, 3.8) is 0 Å². The van der Waals surface area contributed by atoms with Crippen LogP contribution in [-0.2, 0) is 24.4 Å². The predicted octanol–water partition coefficient (Wildman–Crippen LogP) is 4.69. The average molecular weight is 532 g/mol. The fourth-order valence-electron chi connectivity index (χ4n) is 5.19. The summed E-state index contributed by atoms with van der Waals surface area (Å²) in [6.07, 6.45) is 12.0. The first-order valence-electron chi connectivity index (χ1n) is 13.7. The van der Waals surface area contributed by atoms with E-state index in [-0.39, 0.29) is 11.9 Å². The molecule has 38 heavy (non-hydrogen) atoms. The van der Waals surface area contributed by atoms with Gasteiger partial charge >= 0.3 is 0 Å². The maximum absolute atomic E-state index is 13.1. The van der Waals surface area contributed by atoms with Crippen molar-refractivity contribution in [2.24, 2.45) is 0 Å². The molecule has 1 amide bonds. The Morgan fingerprint density at radius 2 is 2.00 bits per heavy atom. The molecule has 1 atom stereocenters. The molecule has 0 radical (unpaired) electrons. The Kier molecular flexibility index (Phi) is 6.47. The van der Waals surface area contributed by atoms with Crippen LogP contribution in [0, 0.1) is 6.92 Å². The summed E-state index contributed by atoms with van der Waals surface area (Å²) in [5.74, 6) is 0.580. The molecule has 1 saturated carbocycles. The van der Waals surface area contributed by atoms with Crippen molar-refractivity contribution in [1.82, 2.24) is 34.3 Å². The Morgan fingerprint density at radius 1 is 1.16 bits per heavy atom. The van der Waals surface area contributed by atoms with E-state index in [2.05, 4.69) is 65.9 Å². The van der Waals surface area contributed by atoms with Crippen LogP contribution in [0.25, 0.3) is 5.65 Å². The Labute approximate surface area is 224 Å². The molecule has 0 aromatic carbocycles. The van der Waals surface area contributed by atoms with E-state index in [1.807, 2.05) is 4.68 Å². The van der Waals surface area contributed by atoms with Gasteiger partial charge in [0.25, 0.3) is 5.91 Å². The highest BCUT2D eigenvalue weighted by molar-refractivity contribution is 6.76. The average Bonchev–Trinajstić information content (AvgIpc) is 3.17. The zero-order valence-electron chi connectivity index (χ0n) is 22.8. The van der Waals surface area contributed by atoms with Gasteiger partial charge in [0.15, 0.2) is 0 Å². The van der Waals surface area contributed by atoms with Crippen LogP contribution in [0.1, 0.15) is 69.8 Å². The van der Waals surface area contributed by atoms with E-state index in [9.17, 15) is 4.79 Å². The molecule has 2 aliphatic carbocycles. The van der Waals surface area contributed by atoms with Gasteiger partial charge in [-0.25, -0.2) is 9.67 Å². The number of rotatable bonds is 10. The van der Waals surface area contributed by atoms with Crippen LogP contribution in [0.5, 0.6) is 0 Å². The number of imidazole rings is 1. The molecule has 200 valence electrons. The third-order valence-corrected chi connectivity index (χ3v) is 9.39. The van der Waals surface area contributed by atoms with E-state index in [1.54, 1.807) is 17.1 Å². The zero-order chi connectivity index (χ0) is 26.4. The molecule has 6 rings (SSSR count). The molecule has 0 saturated heterocycles. The summed E-state index contributed by atoms with van der Waals surface area (Å²) in [5.41, 5.74) is 7.11. The highest BCUT2D eigenvalue weighted by Crippen LogP contribution is 2.40. The van der Waals surface area contributed by atoms with Gasteiger partial charge < -0.3 is 14.5 Å². The summed E-state index contributed by atoms with van der Waals surface area (Å²) in [4.78, 5) is 17.8. The second-order valence-corrected chi connectivity index (χ2v) is 17.6. The molecule has 4 aromatic heterocycles. The van der Waals surface area contributed by atoms with Gasteiger partial charge in [-0.15, -0.1) is 0 Å². The van der Waals surface area contributed by atoms with Crippen LogP contribution < -0.4 is 5.32 Å². The molecule has 1 fully saturated rings. The monoisotopic (exact) mass is 531 g/mol. The van der Waals surface area contributed by atoms with Gasteiger partial charge in [0, 0.05) is 39.0 Å². The first kappa shape index (κ1) is 25.1. The third kappa shape index (κ3) is 5.33. The van der Waals surface area contributed by atoms with Crippen molar-refractivity contribution in [3.05, 3.63) is 70.7 Å². The van der Waals surface area contributed by atoms with Crippen molar-refractivity contribution in [2.75, 3.05) is 6.61 Å². The molecule has 0 spiro atoms. The summed E-state index contributed by atoms with van der Waals surface area (Å²) in [6.45, 7) is 10.9. The van der Waals surface area contributed by atoms with Gasteiger partial charge in [-0.05, 0) is 61.8 Å². The number of nitrogens with one attached hydrogen (secondary N) is 1. The fraction of sp³-hybridized carbons (Fsp3) is 0.500. The summed E-state index contributed by atoms with van der Waals surface area (Å²) < 4.78 is 11.7. The van der Waals surface area contributed by atoms with Crippen LogP contribution in [0.2, 0.25) is 25.7 Å². The molecule has 4 heterocycles. The minimum Gasteiger partial charge on any atom is -0.360 e. The van der Waals surface area contributed by atoms with Crippen molar-refractivity contribution >= 4 is 19.6 Å². The first-order chi connectivity index (χ1) is 18.2. The lowest BCUT2D eigenvalue weighted by Gasteiger charge is -2.16. The van der Waals surface area contributed by atoms with E-state index < -0.39 is 8.07 Å². The molecular formula is C28H37N7O2Si. The molecule has 0 bridgehead atoms. The van der Waals surface area contributed by atoms with Gasteiger partial charge in [-0.3, -0.25) is 9.48 Å². The number of ether oxygens (including phenoxy) is 1. The maximum atomic E-state index is 13.1. The second kappa shape index (κ2) is 9.81. The summed E-state index contributed by atoms with van der Waals surface area (Å²) in [7, 11) is -1.12. The van der Waals surface area contributed by atoms with E-state index in [0.29, 0.717) is 24.8 Å².